The molecule has 1 aliphatic rings. The molecule has 1 fully saturated rings. The van der Waals surface area contributed by atoms with Crippen LogP contribution in [-0.2, 0) is 6.54 Å². The van der Waals surface area contributed by atoms with Gasteiger partial charge in [-0.2, -0.15) is 10.2 Å². The predicted octanol–water partition coefficient (Wildman–Crippen LogP) is 4.84. The molecule has 10 nitrogen and oxygen atoms in total. The summed E-state index contributed by atoms with van der Waals surface area (Å²) in [6.45, 7) is 8.62. The molecule has 0 radical (unpaired) electrons. The second-order valence-electron chi connectivity index (χ2n) is 9.53. The van der Waals surface area contributed by atoms with Gasteiger partial charge in [-0.3, -0.25) is 10.1 Å². The predicted molar refractivity (Wildman–Crippen MR) is 146 cm³/mol. The molecule has 0 aliphatic heterocycles. The highest BCUT2D eigenvalue weighted by Crippen LogP contribution is 2.39. The van der Waals surface area contributed by atoms with E-state index in [-0.39, 0.29) is 0 Å². The van der Waals surface area contributed by atoms with Crippen LogP contribution in [0.15, 0.2) is 67.6 Å². The number of nitrogens with one attached hydrogen (secondary N) is 3. The fourth-order valence-corrected chi connectivity index (χ4v) is 4.10. The van der Waals surface area contributed by atoms with E-state index < -0.39 is 0 Å². The van der Waals surface area contributed by atoms with Crippen molar-refractivity contribution in [1.82, 2.24) is 45.2 Å². The Kier molecular flexibility index (Phi) is 6.12. The van der Waals surface area contributed by atoms with Crippen molar-refractivity contribution in [3.05, 3.63) is 96.0 Å². The maximum atomic E-state index is 4.64. The quantitative estimate of drug-likeness (QED) is 0.261. The summed E-state index contributed by atoms with van der Waals surface area (Å²) in [5.74, 6) is 3.41. The lowest BCUT2D eigenvalue weighted by Gasteiger charge is -2.11. The summed E-state index contributed by atoms with van der Waals surface area (Å²) in [5.41, 5.74) is 6.30. The first-order valence-corrected chi connectivity index (χ1v) is 12.6. The first-order valence-electron chi connectivity index (χ1n) is 12.6. The third kappa shape index (κ3) is 5.29. The van der Waals surface area contributed by atoms with Crippen LogP contribution in [0.3, 0.4) is 0 Å². The topological polar surface area (TPSA) is 122 Å². The molecule has 38 heavy (non-hydrogen) atoms. The molecule has 5 heterocycles. The van der Waals surface area contributed by atoms with Gasteiger partial charge < -0.3 is 10.6 Å². The highest BCUT2D eigenvalue weighted by molar-refractivity contribution is 5.63. The number of aromatic amines is 1. The van der Waals surface area contributed by atoms with Gasteiger partial charge in [-0.15, -0.1) is 0 Å². The molecule has 5 aromatic rings. The van der Waals surface area contributed by atoms with E-state index in [4.69, 9.17) is 0 Å². The molecule has 0 aromatic carbocycles. The molecular weight excluding hydrogens is 476 g/mol. The molecule has 6 rings (SSSR count). The number of aryl methyl sites for hydroxylation is 2. The maximum Gasteiger partial charge on any atom is 0.163 e. The summed E-state index contributed by atoms with van der Waals surface area (Å²) in [4.78, 5) is 18.4. The van der Waals surface area contributed by atoms with Crippen LogP contribution in [0.1, 0.15) is 47.1 Å². The number of aromatic nitrogens is 8. The fourth-order valence-electron chi connectivity index (χ4n) is 4.10. The number of anilines is 2. The Morgan fingerprint density at radius 3 is 2.63 bits per heavy atom. The van der Waals surface area contributed by atoms with E-state index >= 15 is 0 Å². The van der Waals surface area contributed by atoms with Crippen LogP contribution in [0.5, 0.6) is 0 Å². The van der Waals surface area contributed by atoms with Gasteiger partial charge in [0.25, 0.3) is 0 Å². The molecule has 1 saturated carbocycles. The van der Waals surface area contributed by atoms with Crippen molar-refractivity contribution in [2.75, 3.05) is 5.32 Å². The van der Waals surface area contributed by atoms with Crippen LogP contribution in [-0.4, -0.2) is 39.9 Å². The second-order valence-corrected chi connectivity index (χ2v) is 9.53. The number of nitrogens with zero attached hydrogens (tertiary/aromatic N) is 7. The first kappa shape index (κ1) is 23.5. The van der Waals surface area contributed by atoms with Gasteiger partial charge in [0.05, 0.1) is 17.1 Å². The SMILES string of the molecule is C=C(NCc1ccc(-n2ccc(C3CC3)n2)nc1)c1ccc(-c2nc(C)cc(Nc3cc(C)[nH]n3)n2)cn1. The molecule has 0 saturated heterocycles. The smallest absolute Gasteiger partial charge is 0.163 e. The van der Waals surface area contributed by atoms with Gasteiger partial charge >= 0.3 is 0 Å². The number of H-pyrrole nitrogens is 1. The zero-order valence-corrected chi connectivity index (χ0v) is 21.3. The molecule has 0 bridgehead atoms. The van der Waals surface area contributed by atoms with E-state index in [1.165, 1.54) is 12.8 Å². The summed E-state index contributed by atoms with van der Waals surface area (Å²) in [7, 11) is 0. The zero-order chi connectivity index (χ0) is 26.1. The van der Waals surface area contributed by atoms with E-state index in [9.17, 15) is 0 Å². The maximum absolute atomic E-state index is 4.64. The lowest BCUT2D eigenvalue weighted by atomic mass is 10.2. The van der Waals surface area contributed by atoms with Crippen molar-refractivity contribution in [2.45, 2.75) is 39.2 Å². The van der Waals surface area contributed by atoms with E-state index in [1.54, 1.807) is 6.20 Å². The molecule has 0 atom stereocenters. The van der Waals surface area contributed by atoms with Crippen molar-refractivity contribution in [3.63, 3.8) is 0 Å². The summed E-state index contributed by atoms with van der Waals surface area (Å²) in [6.07, 6.45) is 8.07. The molecule has 1 aliphatic carbocycles. The first-order chi connectivity index (χ1) is 18.5. The lowest BCUT2D eigenvalue weighted by Crippen LogP contribution is -2.12. The minimum absolute atomic E-state index is 0.588. The van der Waals surface area contributed by atoms with Gasteiger partial charge in [0.15, 0.2) is 17.5 Å². The number of hydrogen-bond donors (Lipinski definition) is 3. The van der Waals surface area contributed by atoms with Gasteiger partial charge in [-0.1, -0.05) is 12.6 Å². The van der Waals surface area contributed by atoms with Crippen LogP contribution in [0.25, 0.3) is 22.9 Å². The fraction of sp³-hybridized carbons (Fsp3) is 0.214. The number of rotatable bonds is 9. The Morgan fingerprint density at radius 2 is 1.92 bits per heavy atom. The van der Waals surface area contributed by atoms with E-state index in [2.05, 4.69) is 58.5 Å². The van der Waals surface area contributed by atoms with Crippen molar-refractivity contribution in [2.24, 2.45) is 0 Å². The van der Waals surface area contributed by atoms with Crippen LogP contribution in [0.2, 0.25) is 0 Å². The average Bonchev–Trinajstić information content (AvgIpc) is 3.52. The Morgan fingerprint density at radius 1 is 1.03 bits per heavy atom. The molecule has 0 spiro atoms. The van der Waals surface area contributed by atoms with Crippen molar-refractivity contribution < 1.29 is 0 Å². The van der Waals surface area contributed by atoms with Gasteiger partial charge in [0.2, 0.25) is 0 Å². The lowest BCUT2D eigenvalue weighted by molar-refractivity contribution is 0.805. The summed E-state index contributed by atoms with van der Waals surface area (Å²) in [6, 6.07) is 13.8. The normalized spacial score (nSPS) is 12.9. The van der Waals surface area contributed by atoms with Crippen LogP contribution in [0, 0.1) is 13.8 Å². The Balaban J connectivity index is 1.08. The summed E-state index contributed by atoms with van der Waals surface area (Å²) in [5, 5.41) is 18.3. The number of hydrogen-bond acceptors (Lipinski definition) is 8. The minimum Gasteiger partial charge on any atom is -0.380 e. The second kappa shape index (κ2) is 9.89. The van der Waals surface area contributed by atoms with E-state index in [0.29, 0.717) is 29.9 Å². The Bertz CT molecular complexity index is 1580. The third-order valence-corrected chi connectivity index (χ3v) is 6.30. The van der Waals surface area contributed by atoms with Gasteiger partial charge in [-0.05, 0) is 56.5 Å². The Hall–Kier alpha value is -4.86. The standard InChI is InChI=1S/C28H28N10/c1-17-12-25(33-26-13-18(2)35-36-26)34-28(32-17)22-7-8-23(30-16-22)19(3)29-14-20-4-9-27(31-15-20)38-11-10-24(37-38)21-5-6-21/h4,7-13,15-16,21,29H,3,5-6,14H2,1-2H3,(H2,32,33,34,35,36). The zero-order valence-electron chi connectivity index (χ0n) is 21.3. The highest BCUT2D eigenvalue weighted by atomic mass is 15.3. The average molecular weight is 505 g/mol. The van der Waals surface area contributed by atoms with Gasteiger partial charge in [-0.25, -0.2) is 19.6 Å². The number of pyridine rings is 2. The Labute approximate surface area is 220 Å². The monoisotopic (exact) mass is 504 g/mol. The summed E-state index contributed by atoms with van der Waals surface area (Å²) < 4.78 is 1.84. The molecule has 10 heteroatoms. The van der Waals surface area contributed by atoms with Crippen LogP contribution in [0.4, 0.5) is 11.6 Å². The largest absolute Gasteiger partial charge is 0.380 e. The minimum atomic E-state index is 0.588. The molecular formula is C28H28N10. The third-order valence-electron chi connectivity index (χ3n) is 6.30. The van der Waals surface area contributed by atoms with Gasteiger partial charge in [0.1, 0.15) is 5.82 Å². The molecule has 190 valence electrons. The van der Waals surface area contributed by atoms with Crippen molar-refractivity contribution >= 4 is 17.3 Å². The van der Waals surface area contributed by atoms with Crippen molar-refractivity contribution in [3.8, 4) is 17.2 Å². The van der Waals surface area contributed by atoms with Crippen LogP contribution >= 0.6 is 0 Å². The van der Waals surface area contributed by atoms with Crippen molar-refractivity contribution in [1.29, 1.82) is 0 Å². The van der Waals surface area contributed by atoms with Gasteiger partial charge in [0, 0.05) is 60.1 Å². The van der Waals surface area contributed by atoms with E-state index in [0.717, 1.165) is 45.4 Å². The van der Waals surface area contributed by atoms with E-state index in [1.807, 2.05) is 67.3 Å². The molecule has 3 N–H and O–H groups in total. The summed E-state index contributed by atoms with van der Waals surface area (Å²) >= 11 is 0. The molecule has 0 unspecified atom stereocenters. The van der Waals surface area contributed by atoms with Crippen LogP contribution < -0.4 is 10.6 Å². The highest BCUT2D eigenvalue weighted by Gasteiger charge is 2.26. The molecule has 5 aromatic heterocycles. The molecule has 0 amide bonds.